The summed E-state index contributed by atoms with van der Waals surface area (Å²) < 4.78 is 23.2. The van der Waals surface area contributed by atoms with Crippen molar-refractivity contribution in [3.63, 3.8) is 0 Å². The molecule has 1 heterocycles. The lowest BCUT2D eigenvalue weighted by molar-refractivity contribution is 0.102. The normalized spacial score (nSPS) is 10.7. The van der Waals surface area contributed by atoms with Crippen LogP contribution in [0.25, 0.3) is 11.3 Å². The van der Waals surface area contributed by atoms with Crippen LogP contribution in [-0.2, 0) is 10.9 Å². The van der Waals surface area contributed by atoms with Crippen molar-refractivity contribution in [2.45, 2.75) is 0 Å². The second-order valence-electron chi connectivity index (χ2n) is 5.79. The SMILES string of the molecule is CN(c1ccc(C(=O)Nc2ccc(Cl)c(-c3ccccn3)c2)c(Cl)c1)[SH](=O)=O. The summed E-state index contributed by atoms with van der Waals surface area (Å²) >= 11 is 12.4. The van der Waals surface area contributed by atoms with Gasteiger partial charge >= 0.3 is 0 Å². The van der Waals surface area contributed by atoms with Crippen LogP contribution in [0.15, 0.2) is 60.8 Å². The molecule has 0 unspecified atom stereocenters. The summed E-state index contributed by atoms with van der Waals surface area (Å²) in [5, 5.41) is 3.41. The van der Waals surface area contributed by atoms with E-state index in [2.05, 4.69) is 10.3 Å². The Morgan fingerprint density at radius 1 is 1.04 bits per heavy atom. The predicted octanol–water partition coefficient (Wildman–Crippen LogP) is 4.27. The number of hydrogen-bond acceptors (Lipinski definition) is 4. The van der Waals surface area contributed by atoms with Crippen LogP contribution in [0.4, 0.5) is 11.4 Å². The molecule has 2 aromatic carbocycles. The van der Waals surface area contributed by atoms with Crippen LogP contribution in [0, 0.1) is 0 Å². The molecular formula is C19H15Cl2N3O3S. The maximum absolute atomic E-state index is 12.6. The van der Waals surface area contributed by atoms with Crippen LogP contribution >= 0.6 is 23.2 Å². The Bertz CT molecular complexity index is 1100. The molecule has 0 spiro atoms. The van der Waals surface area contributed by atoms with Crippen molar-refractivity contribution >= 4 is 51.4 Å². The van der Waals surface area contributed by atoms with E-state index in [-0.39, 0.29) is 10.6 Å². The van der Waals surface area contributed by atoms with Gasteiger partial charge in [0.25, 0.3) is 5.91 Å². The van der Waals surface area contributed by atoms with E-state index in [0.29, 0.717) is 27.7 Å². The van der Waals surface area contributed by atoms with Gasteiger partial charge in [-0.2, -0.15) is 0 Å². The number of carbonyl (C=O) groups excluding carboxylic acids is 1. The summed E-state index contributed by atoms with van der Waals surface area (Å²) in [5.74, 6) is -0.431. The Morgan fingerprint density at radius 2 is 1.82 bits per heavy atom. The molecule has 9 heteroatoms. The van der Waals surface area contributed by atoms with E-state index < -0.39 is 16.8 Å². The van der Waals surface area contributed by atoms with Crippen LogP contribution in [0.2, 0.25) is 10.0 Å². The number of thiol groups is 1. The molecule has 0 saturated carbocycles. The standard InChI is InChI=1S/C19H15Cl2N3O3S/c1-24(28(26)27)13-6-7-14(17(21)11-13)19(25)23-12-5-8-16(20)15(10-12)18-4-2-3-9-22-18/h2-11,28H,1H3,(H,23,25). The summed E-state index contributed by atoms with van der Waals surface area (Å²) in [6, 6.07) is 14.9. The zero-order valence-electron chi connectivity index (χ0n) is 14.6. The molecule has 0 bridgehead atoms. The van der Waals surface area contributed by atoms with Crippen LogP contribution in [0.1, 0.15) is 10.4 Å². The van der Waals surface area contributed by atoms with Crippen molar-refractivity contribution < 1.29 is 13.2 Å². The van der Waals surface area contributed by atoms with Gasteiger partial charge < -0.3 is 5.32 Å². The van der Waals surface area contributed by atoms with Crippen LogP contribution in [0.3, 0.4) is 0 Å². The molecule has 0 fully saturated rings. The Labute approximate surface area is 173 Å². The minimum absolute atomic E-state index is 0.137. The van der Waals surface area contributed by atoms with Crippen molar-refractivity contribution in [3.8, 4) is 11.3 Å². The largest absolute Gasteiger partial charge is 0.322 e. The molecule has 0 saturated heterocycles. The summed E-state index contributed by atoms with van der Waals surface area (Å²) in [6.07, 6.45) is 1.66. The molecule has 0 aliphatic carbocycles. The molecule has 1 N–H and O–H groups in total. The van der Waals surface area contributed by atoms with E-state index in [1.807, 2.05) is 12.1 Å². The first-order chi connectivity index (χ1) is 13.4. The first kappa shape index (κ1) is 20.1. The highest BCUT2D eigenvalue weighted by Crippen LogP contribution is 2.30. The Hall–Kier alpha value is -2.61. The number of pyridine rings is 1. The smallest absolute Gasteiger partial charge is 0.257 e. The van der Waals surface area contributed by atoms with Gasteiger partial charge in [0, 0.05) is 24.5 Å². The first-order valence-electron chi connectivity index (χ1n) is 8.06. The fraction of sp³-hybridized carbons (Fsp3) is 0.0526. The Morgan fingerprint density at radius 3 is 2.46 bits per heavy atom. The number of amides is 1. The lowest BCUT2D eigenvalue weighted by atomic mass is 10.1. The maximum atomic E-state index is 12.6. The monoisotopic (exact) mass is 435 g/mol. The van der Waals surface area contributed by atoms with Gasteiger partial charge in [-0.25, -0.2) is 8.42 Å². The molecule has 0 atom stereocenters. The summed E-state index contributed by atoms with van der Waals surface area (Å²) in [5.41, 5.74) is 2.47. The molecule has 3 rings (SSSR count). The third kappa shape index (κ3) is 4.44. The summed E-state index contributed by atoms with van der Waals surface area (Å²) in [4.78, 5) is 16.9. The lowest BCUT2D eigenvalue weighted by Crippen LogP contribution is -2.16. The average Bonchev–Trinajstić information content (AvgIpc) is 2.69. The number of carbonyl (C=O) groups is 1. The highest BCUT2D eigenvalue weighted by Gasteiger charge is 2.14. The number of anilines is 2. The second-order valence-corrected chi connectivity index (χ2v) is 7.68. The minimum atomic E-state index is -2.79. The Kier molecular flexibility index (Phi) is 6.18. The lowest BCUT2D eigenvalue weighted by Gasteiger charge is -2.13. The third-order valence-electron chi connectivity index (χ3n) is 3.98. The summed E-state index contributed by atoms with van der Waals surface area (Å²) in [6.45, 7) is 0. The number of hydrogen-bond donors (Lipinski definition) is 2. The number of nitrogens with zero attached hydrogens (tertiary/aromatic N) is 2. The Balaban J connectivity index is 1.86. The highest BCUT2D eigenvalue weighted by molar-refractivity contribution is 7.74. The van der Waals surface area contributed by atoms with E-state index in [1.54, 1.807) is 30.5 Å². The molecule has 0 aliphatic rings. The molecule has 3 aromatic rings. The van der Waals surface area contributed by atoms with Gasteiger partial charge in [0.15, 0.2) is 0 Å². The van der Waals surface area contributed by atoms with Gasteiger partial charge in [-0.15, -0.1) is 0 Å². The molecule has 6 nitrogen and oxygen atoms in total. The van der Waals surface area contributed by atoms with Crippen molar-refractivity contribution in [1.29, 1.82) is 0 Å². The predicted molar refractivity (Wildman–Crippen MR) is 113 cm³/mol. The van der Waals surface area contributed by atoms with E-state index in [0.717, 1.165) is 4.31 Å². The fourth-order valence-electron chi connectivity index (χ4n) is 2.50. The fourth-order valence-corrected chi connectivity index (χ4v) is 3.29. The summed E-state index contributed by atoms with van der Waals surface area (Å²) in [7, 11) is -1.40. The van der Waals surface area contributed by atoms with Crippen molar-refractivity contribution in [1.82, 2.24) is 4.98 Å². The zero-order valence-corrected chi connectivity index (χ0v) is 17.0. The second kappa shape index (κ2) is 8.60. The van der Waals surface area contributed by atoms with Gasteiger partial charge in [-0.3, -0.25) is 14.1 Å². The van der Waals surface area contributed by atoms with Gasteiger partial charge in [0.05, 0.1) is 27.0 Å². The highest BCUT2D eigenvalue weighted by atomic mass is 35.5. The van der Waals surface area contributed by atoms with Gasteiger partial charge in [0.2, 0.25) is 10.9 Å². The van der Waals surface area contributed by atoms with E-state index >= 15 is 0 Å². The molecule has 28 heavy (non-hydrogen) atoms. The molecular weight excluding hydrogens is 421 g/mol. The number of halogens is 2. The number of benzene rings is 2. The number of aromatic nitrogens is 1. The molecule has 1 aromatic heterocycles. The van der Waals surface area contributed by atoms with Crippen molar-refractivity contribution in [3.05, 3.63) is 76.4 Å². The van der Waals surface area contributed by atoms with Crippen LogP contribution < -0.4 is 9.62 Å². The van der Waals surface area contributed by atoms with E-state index in [4.69, 9.17) is 23.2 Å². The van der Waals surface area contributed by atoms with Gasteiger partial charge in [0.1, 0.15) is 0 Å². The quantitative estimate of drug-likeness (QED) is 0.586. The topological polar surface area (TPSA) is 79.4 Å². The van der Waals surface area contributed by atoms with Crippen molar-refractivity contribution in [2.24, 2.45) is 0 Å². The molecule has 1 amide bonds. The van der Waals surface area contributed by atoms with E-state index in [9.17, 15) is 13.2 Å². The van der Waals surface area contributed by atoms with Crippen LogP contribution in [0.5, 0.6) is 0 Å². The number of rotatable bonds is 5. The van der Waals surface area contributed by atoms with Crippen LogP contribution in [-0.4, -0.2) is 26.4 Å². The number of nitrogens with one attached hydrogen (secondary N) is 1. The minimum Gasteiger partial charge on any atom is -0.322 e. The van der Waals surface area contributed by atoms with Crippen molar-refractivity contribution in [2.75, 3.05) is 16.7 Å². The average molecular weight is 436 g/mol. The maximum Gasteiger partial charge on any atom is 0.257 e. The molecule has 144 valence electrons. The molecule has 0 aliphatic heterocycles. The zero-order chi connectivity index (χ0) is 20.3. The van der Waals surface area contributed by atoms with Gasteiger partial charge in [-0.1, -0.05) is 29.3 Å². The first-order valence-corrected chi connectivity index (χ1v) is 9.95. The van der Waals surface area contributed by atoms with Gasteiger partial charge in [-0.05, 0) is 48.5 Å². The third-order valence-corrected chi connectivity index (χ3v) is 5.34. The van der Waals surface area contributed by atoms with E-state index in [1.165, 1.54) is 25.2 Å². The molecule has 0 radical (unpaired) electrons.